The van der Waals surface area contributed by atoms with Gasteiger partial charge in [0.05, 0.1) is 0 Å². The van der Waals surface area contributed by atoms with E-state index in [9.17, 15) is 0 Å². The predicted molar refractivity (Wildman–Crippen MR) is 70.7 cm³/mol. The van der Waals surface area contributed by atoms with Crippen molar-refractivity contribution in [3.8, 4) is 0 Å². The molecular weight excluding hydrogens is 270 g/mol. The van der Waals surface area contributed by atoms with Crippen molar-refractivity contribution in [3.63, 3.8) is 0 Å². The molecule has 3 heteroatoms. The smallest absolute Gasteiger partial charge is 0.0219 e. The van der Waals surface area contributed by atoms with Crippen LogP contribution in [0.2, 0.25) is 0 Å². The van der Waals surface area contributed by atoms with Crippen molar-refractivity contribution in [1.82, 2.24) is 5.32 Å². The molecule has 1 aliphatic rings. The monoisotopic (exact) mass is 285 g/mol. The lowest BCUT2D eigenvalue weighted by Crippen LogP contribution is -2.24. The number of hydrogen-bond acceptors (Lipinski definition) is 2. The molecule has 1 aromatic rings. The van der Waals surface area contributed by atoms with Gasteiger partial charge in [0, 0.05) is 15.4 Å². The molecular formula is C12H16BrNS. The van der Waals surface area contributed by atoms with E-state index in [4.69, 9.17) is 0 Å². The Labute approximate surface area is 104 Å². The molecule has 1 aliphatic heterocycles. The van der Waals surface area contributed by atoms with Gasteiger partial charge in [0.1, 0.15) is 0 Å². The van der Waals surface area contributed by atoms with Crippen LogP contribution in [0.15, 0.2) is 27.6 Å². The molecule has 0 aromatic heterocycles. The molecule has 0 amide bonds. The lowest BCUT2D eigenvalue weighted by atomic mass is 10.0. The summed E-state index contributed by atoms with van der Waals surface area (Å²) < 4.78 is 1.25. The van der Waals surface area contributed by atoms with E-state index in [2.05, 4.69) is 45.7 Å². The van der Waals surface area contributed by atoms with Gasteiger partial charge in [-0.2, -0.15) is 0 Å². The number of thioether (sulfide) groups is 1. The second-order valence-corrected chi connectivity index (χ2v) is 5.62. The number of nitrogens with one attached hydrogen (secondary N) is 1. The lowest BCUT2D eigenvalue weighted by molar-refractivity contribution is 0.597. The third-order valence-electron chi connectivity index (χ3n) is 2.91. The van der Waals surface area contributed by atoms with E-state index in [1.807, 2.05) is 11.8 Å². The molecule has 1 saturated heterocycles. The van der Waals surface area contributed by atoms with Crippen molar-refractivity contribution >= 4 is 27.7 Å². The maximum absolute atomic E-state index is 3.65. The van der Waals surface area contributed by atoms with E-state index >= 15 is 0 Å². The third kappa shape index (κ3) is 2.77. The van der Waals surface area contributed by atoms with Gasteiger partial charge in [-0.25, -0.2) is 0 Å². The zero-order chi connectivity index (χ0) is 10.7. The Kier molecular flexibility index (Phi) is 4.12. The Balaban J connectivity index is 2.17. The van der Waals surface area contributed by atoms with Gasteiger partial charge in [-0.1, -0.05) is 22.0 Å². The Bertz CT molecular complexity index is 334. The van der Waals surface area contributed by atoms with Crippen LogP contribution in [0.4, 0.5) is 0 Å². The van der Waals surface area contributed by atoms with Crippen LogP contribution in [0.25, 0.3) is 0 Å². The van der Waals surface area contributed by atoms with Crippen molar-refractivity contribution in [2.24, 2.45) is 0 Å². The first-order chi connectivity index (χ1) is 7.31. The molecule has 0 saturated carbocycles. The number of benzene rings is 1. The predicted octanol–water partition coefficient (Wildman–Crippen LogP) is 3.47. The second kappa shape index (κ2) is 5.37. The lowest BCUT2D eigenvalue weighted by Gasteiger charge is -2.14. The summed E-state index contributed by atoms with van der Waals surface area (Å²) in [7, 11) is 0. The highest BCUT2D eigenvalue weighted by Gasteiger charge is 2.17. The van der Waals surface area contributed by atoms with E-state index in [0.717, 1.165) is 6.42 Å². The molecule has 15 heavy (non-hydrogen) atoms. The quantitative estimate of drug-likeness (QED) is 0.854. The van der Waals surface area contributed by atoms with E-state index in [1.54, 1.807) is 0 Å². The third-order valence-corrected chi connectivity index (χ3v) is 4.47. The summed E-state index contributed by atoms with van der Waals surface area (Å²) in [5.74, 6) is 0. The van der Waals surface area contributed by atoms with Crippen molar-refractivity contribution in [2.75, 3.05) is 12.8 Å². The maximum atomic E-state index is 3.65. The first-order valence-corrected chi connectivity index (χ1v) is 7.38. The Morgan fingerprint density at radius 3 is 3.07 bits per heavy atom. The average molecular weight is 286 g/mol. The molecule has 1 fully saturated rings. The van der Waals surface area contributed by atoms with Gasteiger partial charge in [-0.15, -0.1) is 11.8 Å². The van der Waals surface area contributed by atoms with Crippen LogP contribution in [-0.4, -0.2) is 18.8 Å². The van der Waals surface area contributed by atoms with E-state index in [-0.39, 0.29) is 0 Å². The van der Waals surface area contributed by atoms with Gasteiger partial charge in [0.25, 0.3) is 0 Å². The molecule has 1 N–H and O–H groups in total. The first-order valence-electron chi connectivity index (χ1n) is 5.36. The molecule has 1 unspecified atom stereocenters. The van der Waals surface area contributed by atoms with Crippen LogP contribution in [0, 0.1) is 0 Å². The average Bonchev–Trinajstić information content (AvgIpc) is 2.74. The molecule has 1 nitrogen and oxygen atoms in total. The Morgan fingerprint density at radius 2 is 2.40 bits per heavy atom. The highest BCUT2D eigenvalue weighted by Crippen LogP contribution is 2.29. The summed E-state index contributed by atoms with van der Waals surface area (Å²) in [4.78, 5) is 1.40. The second-order valence-electron chi connectivity index (χ2n) is 3.92. The number of rotatable bonds is 3. The molecule has 0 radical (unpaired) electrons. The van der Waals surface area contributed by atoms with Crippen molar-refractivity contribution in [1.29, 1.82) is 0 Å². The van der Waals surface area contributed by atoms with Gasteiger partial charge in [-0.3, -0.25) is 0 Å². The zero-order valence-corrected chi connectivity index (χ0v) is 11.3. The van der Waals surface area contributed by atoms with Gasteiger partial charge in [-0.05, 0) is 49.8 Å². The van der Waals surface area contributed by atoms with Crippen LogP contribution >= 0.6 is 27.7 Å². The van der Waals surface area contributed by atoms with E-state index in [0.29, 0.717) is 6.04 Å². The molecule has 2 rings (SSSR count). The normalized spacial score (nSPS) is 20.8. The minimum absolute atomic E-state index is 0.676. The Hall–Kier alpha value is 0.01000. The largest absolute Gasteiger partial charge is 0.314 e. The van der Waals surface area contributed by atoms with Crippen LogP contribution in [0.3, 0.4) is 0 Å². The minimum atomic E-state index is 0.676. The summed E-state index contributed by atoms with van der Waals surface area (Å²) >= 11 is 5.49. The Morgan fingerprint density at radius 1 is 1.53 bits per heavy atom. The van der Waals surface area contributed by atoms with Crippen molar-refractivity contribution in [3.05, 3.63) is 28.2 Å². The van der Waals surface area contributed by atoms with Crippen LogP contribution in [0.5, 0.6) is 0 Å². The van der Waals surface area contributed by atoms with E-state index < -0.39 is 0 Å². The summed E-state index contributed by atoms with van der Waals surface area (Å²) in [6, 6.07) is 7.14. The van der Waals surface area contributed by atoms with Crippen LogP contribution in [0.1, 0.15) is 18.4 Å². The van der Waals surface area contributed by atoms with Gasteiger partial charge >= 0.3 is 0 Å². The fourth-order valence-corrected chi connectivity index (χ4v) is 3.42. The fourth-order valence-electron chi connectivity index (χ4n) is 2.11. The topological polar surface area (TPSA) is 12.0 Å². The van der Waals surface area contributed by atoms with Gasteiger partial charge in [0.2, 0.25) is 0 Å². The molecule has 0 bridgehead atoms. The van der Waals surface area contributed by atoms with Gasteiger partial charge < -0.3 is 5.32 Å². The maximum Gasteiger partial charge on any atom is 0.0219 e. The fraction of sp³-hybridized carbons (Fsp3) is 0.500. The highest BCUT2D eigenvalue weighted by atomic mass is 79.9. The number of halogens is 1. The zero-order valence-electron chi connectivity index (χ0n) is 8.92. The minimum Gasteiger partial charge on any atom is -0.314 e. The summed E-state index contributed by atoms with van der Waals surface area (Å²) in [5, 5.41) is 3.55. The van der Waals surface area contributed by atoms with Crippen LogP contribution in [-0.2, 0) is 6.42 Å². The molecule has 0 spiro atoms. The van der Waals surface area contributed by atoms with Crippen molar-refractivity contribution < 1.29 is 0 Å². The van der Waals surface area contributed by atoms with Crippen molar-refractivity contribution in [2.45, 2.75) is 30.2 Å². The SMILES string of the molecule is CSc1cccc(Br)c1CC1CCCN1. The first kappa shape index (κ1) is 11.5. The summed E-state index contributed by atoms with van der Waals surface area (Å²) in [6.07, 6.45) is 5.93. The van der Waals surface area contributed by atoms with Crippen LogP contribution < -0.4 is 5.32 Å². The molecule has 1 heterocycles. The molecule has 1 atom stereocenters. The highest BCUT2D eigenvalue weighted by molar-refractivity contribution is 9.10. The van der Waals surface area contributed by atoms with Gasteiger partial charge in [0.15, 0.2) is 0 Å². The molecule has 1 aromatic carbocycles. The number of hydrogen-bond donors (Lipinski definition) is 1. The summed E-state index contributed by atoms with van der Waals surface area (Å²) in [5.41, 5.74) is 1.46. The molecule has 82 valence electrons. The summed E-state index contributed by atoms with van der Waals surface area (Å²) in [6.45, 7) is 1.18. The van der Waals surface area contributed by atoms with E-state index in [1.165, 1.54) is 34.3 Å². The molecule has 0 aliphatic carbocycles. The standard InChI is InChI=1S/C12H16BrNS/c1-15-12-6-2-5-11(13)10(12)8-9-4-3-7-14-9/h2,5-6,9,14H,3-4,7-8H2,1H3.